The lowest BCUT2D eigenvalue weighted by molar-refractivity contribution is -0.143. The van der Waals surface area contributed by atoms with Crippen LogP contribution in [0.25, 0.3) is 16.8 Å². The van der Waals surface area contributed by atoms with Crippen molar-refractivity contribution < 1.29 is 19.2 Å². The Morgan fingerprint density at radius 3 is 2.40 bits per heavy atom. The molecule has 1 aromatic heterocycles. The molecular formula is C30H40N6O4. The molecule has 1 fully saturated rings. The van der Waals surface area contributed by atoms with Gasteiger partial charge in [0.2, 0.25) is 17.7 Å². The van der Waals surface area contributed by atoms with E-state index in [2.05, 4.69) is 26.4 Å². The Kier molecular flexibility index (Phi) is 8.58. The van der Waals surface area contributed by atoms with E-state index in [1.165, 1.54) is 5.01 Å². The number of hydrogen-bond donors (Lipinski definition) is 4. The summed E-state index contributed by atoms with van der Waals surface area (Å²) in [6, 6.07) is 5.36. The Morgan fingerprint density at radius 1 is 0.950 bits per heavy atom. The average molecular weight is 549 g/mol. The third-order valence-electron chi connectivity index (χ3n) is 7.62. The van der Waals surface area contributed by atoms with Gasteiger partial charge in [0.1, 0.15) is 18.1 Å². The maximum Gasteiger partial charge on any atom is 0.258 e. The lowest BCUT2D eigenvalue weighted by atomic mass is 9.90. The maximum atomic E-state index is 13.3. The Morgan fingerprint density at radius 2 is 1.68 bits per heavy atom. The van der Waals surface area contributed by atoms with Gasteiger partial charge in [-0.3, -0.25) is 29.2 Å². The summed E-state index contributed by atoms with van der Waals surface area (Å²) in [7, 11) is 0. The second kappa shape index (κ2) is 11.8. The van der Waals surface area contributed by atoms with Crippen LogP contribution < -0.4 is 21.4 Å². The highest BCUT2D eigenvalue weighted by atomic mass is 16.2. The molecule has 2 aliphatic heterocycles. The van der Waals surface area contributed by atoms with Crippen LogP contribution in [-0.4, -0.2) is 58.3 Å². The van der Waals surface area contributed by atoms with E-state index in [1.54, 1.807) is 39.1 Å². The predicted octanol–water partition coefficient (Wildman–Crippen LogP) is 2.61. The van der Waals surface area contributed by atoms with Gasteiger partial charge in [-0.1, -0.05) is 32.1 Å². The highest BCUT2D eigenvalue weighted by Crippen LogP contribution is 2.24. The lowest BCUT2D eigenvalue weighted by Crippen LogP contribution is -2.62. The standard InChI is InChI=1S/C30H40N6O4/c1-17(2)25-27(38)33-19(4)28(39)36-13-7-8-24(35-36)26(37)32-18(3)20-9-10-21-16-31-23(15-22(21)14-20)11-12-30(5,6)29(40)34-25/h9-12,14-19,24-25,35H,7-8,13H2,1-6H3,(H,32,37)(H,33,38)(H,34,40). The van der Waals surface area contributed by atoms with Crippen LogP contribution in [0.2, 0.25) is 0 Å². The number of hydrogen-bond acceptors (Lipinski definition) is 6. The number of amides is 4. The van der Waals surface area contributed by atoms with Gasteiger partial charge in [-0.15, -0.1) is 0 Å². The minimum atomic E-state index is -0.933. The second-order valence-electron chi connectivity index (χ2n) is 11.7. The quantitative estimate of drug-likeness (QED) is 0.433. The molecule has 0 saturated carbocycles. The molecule has 40 heavy (non-hydrogen) atoms. The third kappa shape index (κ3) is 6.50. The van der Waals surface area contributed by atoms with Crippen LogP contribution in [-0.2, 0) is 19.2 Å². The zero-order chi connectivity index (χ0) is 29.2. The van der Waals surface area contributed by atoms with Gasteiger partial charge in [0.25, 0.3) is 5.91 Å². The fourth-order valence-corrected chi connectivity index (χ4v) is 4.90. The summed E-state index contributed by atoms with van der Waals surface area (Å²) in [5.41, 5.74) is 3.74. The maximum absolute atomic E-state index is 13.3. The summed E-state index contributed by atoms with van der Waals surface area (Å²) >= 11 is 0. The summed E-state index contributed by atoms with van der Waals surface area (Å²) in [4.78, 5) is 57.4. The highest BCUT2D eigenvalue weighted by Gasteiger charge is 2.34. The summed E-state index contributed by atoms with van der Waals surface area (Å²) < 4.78 is 0. The number of pyridine rings is 1. The summed E-state index contributed by atoms with van der Waals surface area (Å²) in [6.45, 7) is 11.2. The van der Waals surface area contributed by atoms with E-state index in [4.69, 9.17) is 0 Å². The molecule has 4 unspecified atom stereocenters. The molecule has 4 amide bonds. The number of hydrazine groups is 1. The van der Waals surface area contributed by atoms with Crippen LogP contribution >= 0.6 is 0 Å². The molecule has 0 radical (unpaired) electrons. The van der Waals surface area contributed by atoms with Crippen LogP contribution in [0.15, 0.2) is 36.5 Å². The number of carbonyl (C=O) groups is 4. The highest BCUT2D eigenvalue weighted by molar-refractivity contribution is 5.94. The van der Waals surface area contributed by atoms with Gasteiger partial charge < -0.3 is 16.0 Å². The smallest absolute Gasteiger partial charge is 0.258 e. The lowest BCUT2D eigenvalue weighted by Gasteiger charge is -2.35. The van der Waals surface area contributed by atoms with E-state index < -0.39 is 29.4 Å². The molecule has 3 heterocycles. The largest absolute Gasteiger partial charge is 0.348 e. The molecule has 5 bridgehead atoms. The normalized spacial score (nSPS) is 26.4. The van der Waals surface area contributed by atoms with Crippen LogP contribution in [0.5, 0.6) is 0 Å². The fraction of sp³-hybridized carbons (Fsp3) is 0.500. The molecule has 10 heteroatoms. The minimum absolute atomic E-state index is 0.198. The number of aromatic nitrogens is 1. The summed E-state index contributed by atoms with van der Waals surface area (Å²) in [6.07, 6.45) is 6.57. The SMILES string of the molecule is CC1NC(=O)C(C(C)C)NC(=O)C(C)(C)C=Cc2cc3cc(ccc3cn2)C(C)NC(=O)C2CCCN(N2)C1=O. The van der Waals surface area contributed by atoms with Crippen molar-refractivity contribution in [1.82, 2.24) is 31.4 Å². The van der Waals surface area contributed by atoms with Gasteiger partial charge in [0.15, 0.2) is 0 Å². The number of rotatable bonds is 1. The van der Waals surface area contributed by atoms with Gasteiger partial charge in [0, 0.05) is 18.1 Å². The molecule has 1 aromatic carbocycles. The third-order valence-corrected chi connectivity index (χ3v) is 7.62. The first-order valence-electron chi connectivity index (χ1n) is 13.9. The molecule has 10 nitrogen and oxygen atoms in total. The van der Waals surface area contributed by atoms with E-state index in [-0.39, 0.29) is 29.7 Å². The average Bonchev–Trinajstić information content (AvgIpc) is 2.92. The molecule has 2 aliphatic rings. The van der Waals surface area contributed by atoms with Crippen LogP contribution in [0.4, 0.5) is 0 Å². The Hall–Kier alpha value is -3.79. The van der Waals surface area contributed by atoms with Crippen molar-refractivity contribution in [2.45, 2.75) is 78.6 Å². The molecular weight excluding hydrogens is 508 g/mol. The molecule has 4 atom stereocenters. The number of fused-ring (bicyclic) bond motifs is 4. The molecule has 4 rings (SSSR count). The topological polar surface area (TPSA) is 133 Å². The first-order chi connectivity index (χ1) is 18.9. The van der Waals surface area contributed by atoms with E-state index >= 15 is 0 Å². The van der Waals surface area contributed by atoms with Crippen molar-refractivity contribution >= 4 is 40.5 Å². The number of nitrogens with zero attached hydrogens (tertiary/aromatic N) is 2. The Labute approximate surface area is 235 Å². The van der Waals surface area contributed by atoms with Crippen molar-refractivity contribution in [3.8, 4) is 0 Å². The summed E-state index contributed by atoms with van der Waals surface area (Å²) in [5, 5.41) is 12.0. The number of nitrogens with one attached hydrogen (secondary N) is 4. The Bertz CT molecular complexity index is 1340. The van der Waals surface area contributed by atoms with Crippen LogP contribution in [0.3, 0.4) is 0 Å². The van der Waals surface area contributed by atoms with E-state index in [1.807, 2.05) is 45.0 Å². The molecule has 2 aromatic rings. The first kappa shape index (κ1) is 29.2. The van der Waals surface area contributed by atoms with Gasteiger partial charge in [-0.25, -0.2) is 5.43 Å². The van der Waals surface area contributed by atoms with E-state index in [0.717, 1.165) is 16.3 Å². The fourth-order valence-electron chi connectivity index (χ4n) is 4.90. The minimum Gasteiger partial charge on any atom is -0.348 e. The van der Waals surface area contributed by atoms with Gasteiger partial charge in [0.05, 0.1) is 17.2 Å². The van der Waals surface area contributed by atoms with Crippen molar-refractivity contribution in [3.05, 3.63) is 47.8 Å². The van der Waals surface area contributed by atoms with Gasteiger partial charge in [-0.05, 0) is 75.6 Å². The van der Waals surface area contributed by atoms with Crippen molar-refractivity contribution in [2.24, 2.45) is 11.3 Å². The van der Waals surface area contributed by atoms with Crippen molar-refractivity contribution in [2.75, 3.05) is 6.54 Å². The molecule has 1 saturated heterocycles. The van der Waals surface area contributed by atoms with E-state index in [0.29, 0.717) is 25.1 Å². The first-order valence-corrected chi connectivity index (χ1v) is 13.9. The summed E-state index contributed by atoms with van der Waals surface area (Å²) in [5.74, 6) is -1.52. The second-order valence-corrected chi connectivity index (χ2v) is 11.7. The van der Waals surface area contributed by atoms with Gasteiger partial charge >= 0.3 is 0 Å². The van der Waals surface area contributed by atoms with Gasteiger partial charge in [-0.2, -0.15) is 0 Å². The number of benzene rings is 1. The van der Waals surface area contributed by atoms with Crippen LogP contribution in [0, 0.1) is 11.3 Å². The molecule has 4 N–H and O–H groups in total. The zero-order valence-electron chi connectivity index (χ0n) is 24.1. The monoisotopic (exact) mass is 548 g/mol. The van der Waals surface area contributed by atoms with E-state index in [9.17, 15) is 19.2 Å². The zero-order valence-corrected chi connectivity index (χ0v) is 24.1. The number of carbonyl (C=O) groups excluding carboxylic acids is 4. The molecule has 214 valence electrons. The van der Waals surface area contributed by atoms with Crippen molar-refractivity contribution in [3.63, 3.8) is 0 Å². The predicted molar refractivity (Wildman–Crippen MR) is 153 cm³/mol. The molecule has 0 spiro atoms. The molecule has 0 aliphatic carbocycles. The van der Waals surface area contributed by atoms with Crippen molar-refractivity contribution in [1.29, 1.82) is 0 Å². The Balaban J connectivity index is 1.70. The van der Waals surface area contributed by atoms with Crippen LogP contribution in [0.1, 0.15) is 71.7 Å².